The van der Waals surface area contributed by atoms with Gasteiger partial charge in [-0.15, -0.1) is 0 Å². The lowest BCUT2D eigenvalue weighted by Gasteiger charge is -2.04. The van der Waals surface area contributed by atoms with Crippen LogP contribution in [-0.2, 0) is 0 Å². The molecule has 0 aliphatic carbocycles. The molecule has 1 heterocycles. The molecule has 1 unspecified atom stereocenters. The second-order valence-electron chi connectivity index (χ2n) is 2.94. The van der Waals surface area contributed by atoms with Crippen molar-refractivity contribution in [2.24, 2.45) is 0 Å². The van der Waals surface area contributed by atoms with E-state index < -0.39 is 6.10 Å². The molecule has 65 valence electrons. The third-order valence-corrected chi connectivity index (χ3v) is 1.96. The summed E-state index contributed by atoms with van der Waals surface area (Å²) in [6.07, 6.45) is -0.746. The largest absolute Gasteiger partial charge is 0.387 e. The molecule has 0 fully saturated rings. The predicted molar refractivity (Wildman–Crippen MR) is 52.1 cm³/mol. The summed E-state index contributed by atoms with van der Waals surface area (Å²) in [7, 11) is 0. The quantitative estimate of drug-likeness (QED) is 0.714. The summed E-state index contributed by atoms with van der Waals surface area (Å²) < 4.78 is 0. The van der Waals surface area contributed by atoms with Crippen molar-refractivity contribution in [3.63, 3.8) is 0 Å². The zero-order chi connectivity index (χ0) is 9.26. The summed E-state index contributed by atoms with van der Waals surface area (Å²) in [6.45, 7) is 3.51. The van der Waals surface area contributed by atoms with Crippen molar-refractivity contribution in [2.45, 2.75) is 6.10 Å². The van der Waals surface area contributed by atoms with Gasteiger partial charge >= 0.3 is 0 Å². The summed E-state index contributed by atoms with van der Waals surface area (Å²) in [4.78, 5) is 4.26. The number of hydrogen-bond acceptors (Lipinski definition) is 2. The van der Waals surface area contributed by atoms with Crippen LogP contribution in [0.5, 0.6) is 0 Å². The van der Waals surface area contributed by atoms with Gasteiger partial charge in [-0.05, 0) is 19.1 Å². The minimum absolute atomic E-state index is 0.610. The Kier molecular flexibility index (Phi) is 1.99. The van der Waals surface area contributed by atoms with Crippen LogP contribution >= 0.6 is 0 Å². The molecule has 1 N–H and O–H groups in total. The van der Waals surface area contributed by atoms with Gasteiger partial charge in [0.25, 0.3) is 0 Å². The molecule has 0 aliphatic rings. The van der Waals surface area contributed by atoms with Gasteiger partial charge in [0.05, 0.1) is 17.3 Å². The molecule has 1 atom stereocenters. The van der Waals surface area contributed by atoms with Crippen molar-refractivity contribution in [3.05, 3.63) is 49.0 Å². The Morgan fingerprint density at radius 1 is 1.15 bits per heavy atom. The minimum Gasteiger partial charge on any atom is -0.387 e. The molecule has 0 bridgehead atoms. The van der Waals surface area contributed by atoms with Crippen LogP contribution in [-0.4, -0.2) is 10.1 Å². The zero-order valence-corrected chi connectivity index (χ0v) is 7.14. The van der Waals surface area contributed by atoms with E-state index in [1.54, 1.807) is 6.07 Å². The first-order valence-electron chi connectivity index (χ1n) is 4.14. The molecule has 2 heteroatoms. The smallest absolute Gasteiger partial charge is 0.0961 e. The number of para-hydroxylation sites is 1. The molecule has 2 aromatic rings. The van der Waals surface area contributed by atoms with E-state index >= 15 is 0 Å². The van der Waals surface area contributed by atoms with Gasteiger partial charge < -0.3 is 5.11 Å². The normalized spacial score (nSPS) is 13.1. The van der Waals surface area contributed by atoms with Crippen molar-refractivity contribution in [3.8, 4) is 0 Å². The van der Waals surface area contributed by atoms with Crippen molar-refractivity contribution in [2.75, 3.05) is 0 Å². The molecular weight excluding hydrogens is 162 g/mol. The SMILES string of the molecule is [CH2]C(O)c1ccc2ccccc2n1. The standard InChI is InChI=1S/C11H10NO/c1-8(13)10-7-6-9-4-2-3-5-11(9)12-10/h2-8,13H,1H2. The Labute approximate surface area is 76.9 Å². The molecule has 0 spiro atoms. The van der Waals surface area contributed by atoms with Gasteiger partial charge in [0.1, 0.15) is 0 Å². The Morgan fingerprint density at radius 3 is 2.69 bits per heavy atom. The van der Waals surface area contributed by atoms with Crippen LogP contribution < -0.4 is 0 Å². The van der Waals surface area contributed by atoms with Gasteiger partial charge in [-0.25, -0.2) is 0 Å². The number of rotatable bonds is 1. The Hall–Kier alpha value is -1.41. The van der Waals surface area contributed by atoms with Crippen molar-refractivity contribution in [1.29, 1.82) is 0 Å². The predicted octanol–water partition coefficient (Wildman–Crippen LogP) is 2.10. The van der Waals surface area contributed by atoms with E-state index in [4.69, 9.17) is 0 Å². The average Bonchev–Trinajstić information content (AvgIpc) is 2.17. The first-order chi connectivity index (χ1) is 6.27. The summed E-state index contributed by atoms with van der Waals surface area (Å²) in [5, 5.41) is 10.3. The van der Waals surface area contributed by atoms with E-state index in [-0.39, 0.29) is 0 Å². The third kappa shape index (κ3) is 1.53. The topological polar surface area (TPSA) is 33.1 Å². The number of aliphatic hydroxyl groups excluding tert-OH is 1. The molecule has 0 aliphatic heterocycles. The van der Waals surface area contributed by atoms with Crippen molar-refractivity contribution < 1.29 is 5.11 Å². The fraction of sp³-hybridized carbons (Fsp3) is 0.0909. The first kappa shape index (κ1) is 8.20. The average molecular weight is 172 g/mol. The fourth-order valence-electron chi connectivity index (χ4n) is 1.27. The van der Waals surface area contributed by atoms with Crippen LogP contribution in [0.15, 0.2) is 36.4 Å². The number of benzene rings is 1. The second kappa shape index (κ2) is 3.15. The molecule has 1 radical (unpaired) electrons. The van der Waals surface area contributed by atoms with Crippen molar-refractivity contribution >= 4 is 10.9 Å². The van der Waals surface area contributed by atoms with E-state index in [1.165, 1.54) is 0 Å². The third-order valence-electron chi connectivity index (χ3n) is 1.96. The van der Waals surface area contributed by atoms with Crippen LogP contribution in [0.1, 0.15) is 11.8 Å². The van der Waals surface area contributed by atoms with Crippen molar-refractivity contribution in [1.82, 2.24) is 4.98 Å². The Morgan fingerprint density at radius 2 is 1.92 bits per heavy atom. The molecular formula is C11H10NO. The highest BCUT2D eigenvalue weighted by Crippen LogP contribution is 2.15. The van der Waals surface area contributed by atoms with Gasteiger partial charge in [-0.2, -0.15) is 0 Å². The van der Waals surface area contributed by atoms with Crippen LogP contribution in [0.4, 0.5) is 0 Å². The summed E-state index contributed by atoms with van der Waals surface area (Å²) in [6, 6.07) is 11.5. The number of nitrogens with zero attached hydrogens (tertiary/aromatic N) is 1. The van der Waals surface area contributed by atoms with Crippen LogP contribution in [0.25, 0.3) is 10.9 Å². The highest BCUT2D eigenvalue weighted by molar-refractivity contribution is 5.78. The molecule has 0 saturated carbocycles. The number of fused-ring (bicyclic) bond motifs is 1. The Balaban J connectivity index is 2.62. The van der Waals surface area contributed by atoms with Crippen LogP contribution in [0.2, 0.25) is 0 Å². The van der Waals surface area contributed by atoms with E-state index in [1.807, 2.05) is 30.3 Å². The molecule has 1 aromatic carbocycles. The lowest BCUT2D eigenvalue weighted by Crippen LogP contribution is -1.95. The van der Waals surface area contributed by atoms with Crippen LogP contribution in [0.3, 0.4) is 0 Å². The molecule has 1 aromatic heterocycles. The van der Waals surface area contributed by atoms with E-state index in [0.29, 0.717) is 5.69 Å². The van der Waals surface area contributed by atoms with Crippen LogP contribution in [0, 0.1) is 6.92 Å². The number of hydrogen-bond donors (Lipinski definition) is 1. The maximum absolute atomic E-state index is 9.21. The number of aliphatic hydroxyl groups is 1. The first-order valence-corrected chi connectivity index (χ1v) is 4.14. The van der Waals surface area contributed by atoms with E-state index in [2.05, 4.69) is 11.9 Å². The maximum atomic E-state index is 9.21. The molecule has 2 nitrogen and oxygen atoms in total. The maximum Gasteiger partial charge on any atom is 0.0961 e. The highest BCUT2D eigenvalue weighted by Gasteiger charge is 2.02. The van der Waals surface area contributed by atoms with Gasteiger partial charge in [-0.3, -0.25) is 4.98 Å². The van der Waals surface area contributed by atoms with Gasteiger partial charge in [-0.1, -0.05) is 24.3 Å². The second-order valence-corrected chi connectivity index (χ2v) is 2.94. The summed E-state index contributed by atoms with van der Waals surface area (Å²) >= 11 is 0. The monoisotopic (exact) mass is 172 g/mol. The molecule has 2 rings (SSSR count). The lowest BCUT2D eigenvalue weighted by molar-refractivity contribution is 0.221. The lowest BCUT2D eigenvalue weighted by atomic mass is 10.2. The van der Waals surface area contributed by atoms with Gasteiger partial charge in [0.2, 0.25) is 0 Å². The highest BCUT2D eigenvalue weighted by atomic mass is 16.3. The molecule has 0 amide bonds. The van der Waals surface area contributed by atoms with E-state index in [0.717, 1.165) is 10.9 Å². The summed E-state index contributed by atoms with van der Waals surface area (Å²) in [5.74, 6) is 0. The summed E-state index contributed by atoms with van der Waals surface area (Å²) in [5.41, 5.74) is 1.50. The number of aromatic nitrogens is 1. The fourth-order valence-corrected chi connectivity index (χ4v) is 1.27. The van der Waals surface area contributed by atoms with Gasteiger partial charge in [0.15, 0.2) is 0 Å². The van der Waals surface area contributed by atoms with E-state index in [9.17, 15) is 5.11 Å². The molecule has 0 saturated heterocycles. The number of pyridine rings is 1. The minimum atomic E-state index is -0.746. The zero-order valence-electron chi connectivity index (χ0n) is 7.14. The Bertz CT molecular complexity index is 423. The van der Waals surface area contributed by atoms with Gasteiger partial charge in [0, 0.05) is 5.39 Å². The molecule has 13 heavy (non-hydrogen) atoms.